The van der Waals surface area contributed by atoms with E-state index in [9.17, 15) is 14.9 Å². The van der Waals surface area contributed by atoms with Gasteiger partial charge < -0.3 is 14.6 Å². The van der Waals surface area contributed by atoms with Gasteiger partial charge in [-0.3, -0.25) is 14.9 Å². The molecular formula is C26H25N5O4. The molecule has 1 aliphatic rings. The molecule has 35 heavy (non-hydrogen) atoms. The molecule has 1 aliphatic heterocycles. The lowest BCUT2D eigenvalue weighted by Gasteiger charge is -2.31. The number of aromatic nitrogens is 2. The van der Waals surface area contributed by atoms with Gasteiger partial charge in [-0.15, -0.1) is 0 Å². The number of oxazole rings is 1. The standard InChI is InChI=1S/C26H25N5O4/c1-16-9-12-30(13-10-16)21-8-7-18(15-22(21)31(33)34)25(32)28-20-14-19(6-5-17(20)2)26-29-24-23(35-26)4-3-11-27-24/h3-8,11,14-16H,9-10,12-13H2,1-2H3,(H,28,32). The maximum atomic E-state index is 13.1. The number of nitro groups is 1. The molecule has 178 valence electrons. The van der Waals surface area contributed by atoms with Crippen molar-refractivity contribution in [3.63, 3.8) is 0 Å². The molecule has 9 nitrogen and oxygen atoms in total. The van der Waals surface area contributed by atoms with Gasteiger partial charge in [0.15, 0.2) is 11.2 Å². The third-order valence-electron chi connectivity index (χ3n) is 6.46. The van der Waals surface area contributed by atoms with Crippen LogP contribution >= 0.6 is 0 Å². The highest BCUT2D eigenvalue weighted by molar-refractivity contribution is 6.05. The fourth-order valence-electron chi connectivity index (χ4n) is 4.30. The molecule has 2 aromatic heterocycles. The second-order valence-corrected chi connectivity index (χ2v) is 8.96. The van der Waals surface area contributed by atoms with Gasteiger partial charge in [0.2, 0.25) is 5.89 Å². The van der Waals surface area contributed by atoms with Crippen molar-refractivity contribution in [2.45, 2.75) is 26.7 Å². The number of amides is 1. The molecule has 0 atom stereocenters. The number of nitro benzene ring substituents is 1. The largest absolute Gasteiger partial charge is 0.434 e. The number of piperidine rings is 1. The lowest BCUT2D eigenvalue weighted by Crippen LogP contribution is -2.33. The third-order valence-corrected chi connectivity index (χ3v) is 6.46. The smallest absolute Gasteiger partial charge is 0.293 e. The fraction of sp³-hybridized carbons (Fsp3) is 0.269. The van der Waals surface area contributed by atoms with Gasteiger partial charge in [0.1, 0.15) is 5.69 Å². The van der Waals surface area contributed by atoms with Crippen LogP contribution in [0.5, 0.6) is 0 Å². The van der Waals surface area contributed by atoms with Crippen molar-refractivity contribution in [3.8, 4) is 11.5 Å². The molecular weight excluding hydrogens is 446 g/mol. The summed E-state index contributed by atoms with van der Waals surface area (Å²) in [5, 5.41) is 14.7. The van der Waals surface area contributed by atoms with E-state index in [0.29, 0.717) is 40.0 Å². The van der Waals surface area contributed by atoms with Gasteiger partial charge in [-0.05, 0) is 67.6 Å². The van der Waals surface area contributed by atoms with Crippen molar-refractivity contribution in [2.75, 3.05) is 23.3 Å². The second-order valence-electron chi connectivity index (χ2n) is 8.96. The first kappa shape index (κ1) is 22.5. The highest BCUT2D eigenvalue weighted by atomic mass is 16.6. The minimum absolute atomic E-state index is 0.0587. The molecule has 5 rings (SSSR count). The summed E-state index contributed by atoms with van der Waals surface area (Å²) >= 11 is 0. The maximum absolute atomic E-state index is 13.1. The zero-order valence-corrected chi connectivity index (χ0v) is 19.5. The quantitative estimate of drug-likeness (QED) is 0.298. The summed E-state index contributed by atoms with van der Waals surface area (Å²) in [6.07, 6.45) is 3.63. The summed E-state index contributed by atoms with van der Waals surface area (Å²) in [5.41, 5.74) is 3.89. The monoisotopic (exact) mass is 471 g/mol. The van der Waals surface area contributed by atoms with E-state index in [4.69, 9.17) is 4.42 Å². The molecule has 1 saturated heterocycles. The summed E-state index contributed by atoms with van der Waals surface area (Å²) in [4.78, 5) is 35.1. The summed E-state index contributed by atoms with van der Waals surface area (Å²) in [6.45, 7) is 5.60. The van der Waals surface area contributed by atoms with Crippen LogP contribution in [0.15, 0.2) is 59.1 Å². The Kier molecular flexibility index (Phi) is 5.90. The Hall–Kier alpha value is -4.27. The van der Waals surface area contributed by atoms with Crippen LogP contribution < -0.4 is 10.2 Å². The Labute approximate surface area is 201 Å². The molecule has 0 bridgehead atoms. The number of aryl methyl sites for hydroxylation is 1. The van der Waals surface area contributed by atoms with Gasteiger partial charge in [0.05, 0.1) is 4.92 Å². The van der Waals surface area contributed by atoms with Crippen LogP contribution in [0.2, 0.25) is 0 Å². The topological polar surface area (TPSA) is 114 Å². The maximum Gasteiger partial charge on any atom is 0.293 e. The van der Waals surface area contributed by atoms with Gasteiger partial charge in [0.25, 0.3) is 11.6 Å². The van der Waals surface area contributed by atoms with Crippen LogP contribution in [0, 0.1) is 23.0 Å². The normalized spacial score (nSPS) is 14.3. The predicted octanol–water partition coefficient (Wildman–Crippen LogP) is 5.60. The molecule has 4 aromatic rings. The number of hydrogen-bond acceptors (Lipinski definition) is 7. The summed E-state index contributed by atoms with van der Waals surface area (Å²) in [5.74, 6) is 0.580. The van der Waals surface area contributed by atoms with E-state index >= 15 is 0 Å². The van der Waals surface area contributed by atoms with Crippen LogP contribution in [-0.4, -0.2) is 33.9 Å². The highest BCUT2D eigenvalue weighted by Crippen LogP contribution is 2.33. The van der Waals surface area contributed by atoms with Gasteiger partial charge in [0, 0.05) is 42.2 Å². The van der Waals surface area contributed by atoms with Crippen LogP contribution in [0.1, 0.15) is 35.7 Å². The summed E-state index contributed by atoms with van der Waals surface area (Å²) in [6, 6.07) is 13.7. The zero-order valence-electron chi connectivity index (χ0n) is 19.5. The number of benzene rings is 2. The number of nitrogens with zero attached hydrogens (tertiary/aromatic N) is 4. The van der Waals surface area contributed by atoms with Crippen molar-refractivity contribution in [1.29, 1.82) is 0 Å². The van der Waals surface area contributed by atoms with Crippen molar-refractivity contribution in [3.05, 3.63) is 76.0 Å². The molecule has 1 fully saturated rings. The fourth-order valence-corrected chi connectivity index (χ4v) is 4.30. The predicted molar refractivity (Wildman–Crippen MR) is 134 cm³/mol. The molecule has 0 radical (unpaired) electrons. The first-order valence-corrected chi connectivity index (χ1v) is 11.6. The van der Waals surface area contributed by atoms with Crippen molar-refractivity contribution in [1.82, 2.24) is 9.97 Å². The Morgan fingerprint density at radius 1 is 1.17 bits per heavy atom. The Balaban J connectivity index is 1.40. The van der Waals surface area contributed by atoms with Crippen LogP contribution in [-0.2, 0) is 0 Å². The summed E-state index contributed by atoms with van der Waals surface area (Å²) < 4.78 is 5.79. The first-order chi connectivity index (χ1) is 16.9. The molecule has 9 heteroatoms. The number of carbonyl (C=O) groups excluding carboxylic acids is 1. The van der Waals surface area contributed by atoms with Gasteiger partial charge in [-0.25, -0.2) is 4.98 Å². The van der Waals surface area contributed by atoms with Crippen molar-refractivity contribution < 1.29 is 14.1 Å². The average molecular weight is 472 g/mol. The summed E-state index contributed by atoms with van der Waals surface area (Å²) in [7, 11) is 0. The van der Waals surface area contributed by atoms with E-state index in [1.54, 1.807) is 36.5 Å². The number of hydrogen-bond donors (Lipinski definition) is 1. The SMILES string of the molecule is Cc1ccc(-c2nc3ncccc3o2)cc1NC(=O)c1ccc(N2CCC(C)CC2)c([N+](=O)[O-])c1. The molecule has 3 heterocycles. The molecule has 2 aromatic carbocycles. The van der Waals surface area contributed by atoms with Crippen LogP contribution in [0.3, 0.4) is 0 Å². The van der Waals surface area contributed by atoms with E-state index in [0.717, 1.165) is 31.5 Å². The number of nitrogens with one attached hydrogen (secondary N) is 1. The number of fused-ring (bicyclic) bond motifs is 1. The van der Waals surface area contributed by atoms with E-state index in [-0.39, 0.29) is 11.3 Å². The average Bonchev–Trinajstić information content (AvgIpc) is 3.30. The van der Waals surface area contributed by atoms with E-state index in [2.05, 4.69) is 22.2 Å². The molecule has 0 saturated carbocycles. The van der Waals surface area contributed by atoms with Crippen molar-refractivity contribution in [2.24, 2.45) is 5.92 Å². The van der Waals surface area contributed by atoms with Gasteiger partial charge in [-0.2, -0.15) is 4.98 Å². The van der Waals surface area contributed by atoms with E-state index in [1.807, 2.05) is 24.0 Å². The third kappa shape index (κ3) is 4.57. The lowest BCUT2D eigenvalue weighted by atomic mass is 9.98. The number of carbonyl (C=O) groups is 1. The molecule has 1 amide bonds. The van der Waals surface area contributed by atoms with Crippen molar-refractivity contribution >= 4 is 34.2 Å². The van der Waals surface area contributed by atoms with E-state index in [1.165, 1.54) is 6.07 Å². The Bertz CT molecular complexity index is 1390. The van der Waals surface area contributed by atoms with Crippen LogP contribution in [0.4, 0.5) is 17.1 Å². The lowest BCUT2D eigenvalue weighted by molar-refractivity contribution is -0.384. The minimum Gasteiger partial charge on any atom is -0.434 e. The minimum atomic E-state index is -0.425. The molecule has 0 unspecified atom stereocenters. The Morgan fingerprint density at radius 2 is 1.97 bits per heavy atom. The zero-order chi connectivity index (χ0) is 24.5. The number of anilines is 2. The van der Waals surface area contributed by atoms with Gasteiger partial charge in [-0.1, -0.05) is 13.0 Å². The number of pyridine rings is 1. The number of rotatable bonds is 5. The second kappa shape index (κ2) is 9.17. The highest BCUT2D eigenvalue weighted by Gasteiger charge is 2.25. The Morgan fingerprint density at radius 3 is 2.71 bits per heavy atom. The molecule has 0 spiro atoms. The molecule has 0 aliphatic carbocycles. The van der Waals surface area contributed by atoms with E-state index < -0.39 is 10.8 Å². The van der Waals surface area contributed by atoms with Gasteiger partial charge >= 0.3 is 0 Å². The molecule has 1 N–H and O–H groups in total. The first-order valence-electron chi connectivity index (χ1n) is 11.6. The van der Waals surface area contributed by atoms with Crippen LogP contribution in [0.25, 0.3) is 22.7 Å².